The van der Waals surface area contributed by atoms with E-state index in [0.29, 0.717) is 10.7 Å². The molecule has 1 unspecified atom stereocenters. The third-order valence-corrected chi connectivity index (χ3v) is 3.05. The smallest absolute Gasteiger partial charge is 0.238 e. The second-order valence-electron chi connectivity index (χ2n) is 3.71. The summed E-state index contributed by atoms with van der Waals surface area (Å²) in [5, 5.41) is 3.71. The van der Waals surface area contributed by atoms with Gasteiger partial charge in [0, 0.05) is 13.0 Å². The molecule has 5 heteroatoms. The molecular weight excluding hydrogens is 246 g/mol. The van der Waals surface area contributed by atoms with Crippen LogP contribution in [0.15, 0.2) is 9.26 Å². The minimum atomic E-state index is 0.554. The van der Waals surface area contributed by atoms with Crippen LogP contribution in [0.25, 0.3) is 0 Å². The maximum absolute atomic E-state index is 5.07. The molecule has 1 aliphatic heterocycles. The lowest BCUT2D eigenvalue weighted by molar-refractivity contribution is 0.322. The number of halogens is 1. The number of aromatic nitrogens is 2. The molecule has 2 rings (SSSR count). The first kappa shape index (κ1) is 10.1. The Kier molecular flexibility index (Phi) is 3.18. The molecule has 1 saturated heterocycles. The largest absolute Gasteiger partial charge is 0.338 e. The standard InChI is InChI=1S/C9H14BrN3O/c1-2-13-4-3-7(6-13)5-8-11-9(10)12-14-8/h7H,2-6H2,1H3. The topological polar surface area (TPSA) is 42.2 Å². The first-order valence-electron chi connectivity index (χ1n) is 4.98. The number of rotatable bonds is 3. The van der Waals surface area contributed by atoms with Gasteiger partial charge in [0.15, 0.2) is 0 Å². The summed E-state index contributed by atoms with van der Waals surface area (Å²) < 4.78 is 5.62. The van der Waals surface area contributed by atoms with Crippen LogP contribution in [0.4, 0.5) is 0 Å². The van der Waals surface area contributed by atoms with Gasteiger partial charge in [0.25, 0.3) is 0 Å². The van der Waals surface area contributed by atoms with Gasteiger partial charge >= 0.3 is 0 Å². The Hall–Kier alpha value is -0.420. The van der Waals surface area contributed by atoms with Crippen LogP contribution in [0.3, 0.4) is 0 Å². The van der Waals surface area contributed by atoms with Gasteiger partial charge in [-0.3, -0.25) is 0 Å². The average Bonchev–Trinajstić information content (AvgIpc) is 2.76. The van der Waals surface area contributed by atoms with Crippen LogP contribution in [0.2, 0.25) is 0 Å². The molecule has 0 spiro atoms. The molecule has 1 aromatic rings. The first-order valence-corrected chi connectivity index (χ1v) is 5.77. The van der Waals surface area contributed by atoms with E-state index >= 15 is 0 Å². The summed E-state index contributed by atoms with van der Waals surface area (Å²) in [7, 11) is 0. The van der Waals surface area contributed by atoms with Crippen molar-refractivity contribution in [1.29, 1.82) is 0 Å². The van der Waals surface area contributed by atoms with Crippen molar-refractivity contribution in [1.82, 2.24) is 15.0 Å². The zero-order chi connectivity index (χ0) is 9.97. The van der Waals surface area contributed by atoms with Crippen LogP contribution in [0.5, 0.6) is 0 Å². The van der Waals surface area contributed by atoms with E-state index in [-0.39, 0.29) is 0 Å². The number of hydrogen-bond acceptors (Lipinski definition) is 4. The summed E-state index contributed by atoms with van der Waals surface area (Å²) in [5.41, 5.74) is 0. The van der Waals surface area contributed by atoms with E-state index in [4.69, 9.17) is 4.52 Å². The summed E-state index contributed by atoms with van der Waals surface area (Å²) in [6.07, 6.45) is 2.16. The first-order chi connectivity index (χ1) is 6.78. The predicted octanol–water partition coefficient (Wildman–Crippen LogP) is 1.72. The van der Waals surface area contributed by atoms with E-state index in [1.807, 2.05) is 0 Å². The summed E-state index contributed by atoms with van der Waals surface area (Å²) >= 11 is 3.18. The Morgan fingerprint density at radius 3 is 3.07 bits per heavy atom. The van der Waals surface area contributed by atoms with Gasteiger partial charge in [0.05, 0.1) is 0 Å². The molecule has 0 N–H and O–H groups in total. The zero-order valence-corrected chi connectivity index (χ0v) is 9.83. The van der Waals surface area contributed by atoms with Crippen LogP contribution in [0, 0.1) is 5.92 Å². The Bertz CT molecular complexity index is 302. The number of nitrogens with zero attached hydrogens (tertiary/aromatic N) is 3. The molecule has 0 bridgehead atoms. The zero-order valence-electron chi connectivity index (χ0n) is 8.24. The number of hydrogen-bond donors (Lipinski definition) is 0. The molecule has 78 valence electrons. The Morgan fingerprint density at radius 1 is 1.64 bits per heavy atom. The van der Waals surface area contributed by atoms with Gasteiger partial charge in [-0.1, -0.05) is 6.92 Å². The van der Waals surface area contributed by atoms with Gasteiger partial charge in [0.2, 0.25) is 10.6 Å². The van der Waals surface area contributed by atoms with Gasteiger partial charge in [-0.25, -0.2) is 0 Å². The highest BCUT2D eigenvalue weighted by Crippen LogP contribution is 2.20. The third-order valence-electron chi connectivity index (χ3n) is 2.72. The normalized spacial score (nSPS) is 23.1. The van der Waals surface area contributed by atoms with Crippen molar-refractivity contribution < 1.29 is 4.52 Å². The lowest BCUT2D eigenvalue weighted by Crippen LogP contribution is -2.20. The van der Waals surface area contributed by atoms with Crippen molar-refractivity contribution in [3.8, 4) is 0 Å². The van der Waals surface area contributed by atoms with Gasteiger partial charge in [-0.15, -0.1) is 0 Å². The molecule has 0 saturated carbocycles. The molecule has 0 amide bonds. The molecular formula is C9H14BrN3O. The molecule has 2 heterocycles. The number of likely N-dealkylation sites (tertiary alicyclic amines) is 1. The highest BCUT2D eigenvalue weighted by atomic mass is 79.9. The average molecular weight is 260 g/mol. The Balaban J connectivity index is 1.87. The summed E-state index contributed by atoms with van der Waals surface area (Å²) in [5.74, 6) is 1.43. The Morgan fingerprint density at radius 2 is 2.50 bits per heavy atom. The van der Waals surface area contributed by atoms with Crippen molar-refractivity contribution in [2.75, 3.05) is 19.6 Å². The van der Waals surface area contributed by atoms with E-state index in [1.54, 1.807) is 0 Å². The lowest BCUT2D eigenvalue weighted by atomic mass is 10.1. The SMILES string of the molecule is CCN1CCC(Cc2nc(Br)no2)C1. The second-order valence-corrected chi connectivity index (χ2v) is 4.42. The van der Waals surface area contributed by atoms with Crippen molar-refractivity contribution in [3.63, 3.8) is 0 Å². The monoisotopic (exact) mass is 259 g/mol. The summed E-state index contributed by atoms with van der Waals surface area (Å²) in [6.45, 7) is 5.71. The molecule has 0 radical (unpaired) electrons. The molecule has 0 aliphatic carbocycles. The van der Waals surface area contributed by atoms with Gasteiger partial charge in [-0.05, 0) is 46.5 Å². The van der Waals surface area contributed by atoms with Crippen LogP contribution in [0.1, 0.15) is 19.2 Å². The fraction of sp³-hybridized carbons (Fsp3) is 0.778. The van der Waals surface area contributed by atoms with Crippen LogP contribution < -0.4 is 0 Å². The van der Waals surface area contributed by atoms with Crippen LogP contribution in [-0.2, 0) is 6.42 Å². The van der Waals surface area contributed by atoms with Crippen molar-refractivity contribution in [2.24, 2.45) is 5.92 Å². The lowest BCUT2D eigenvalue weighted by Gasteiger charge is -2.11. The molecule has 1 aromatic heterocycles. The van der Waals surface area contributed by atoms with Gasteiger partial charge in [-0.2, -0.15) is 4.98 Å². The Labute approximate surface area is 91.8 Å². The van der Waals surface area contributed by atoms with Crippen LogP contribution >= 0.6 is 15.9 Å². The quantitative estimate of drug-likeness (QED) is 0.829. The molecule has 4 nitrogen and oxygen atoms in total. The van der Waals surface area contributed by atoms with E-state index in [0.717, 1.165) is 25.4 Å². The summed E-state index contributed by atoms with van der Waals surface area (Å²) in [4.78, 5) is 6.60. The second kappa shape index (κ2) is 4.40. The molecule has 1 fully saturated rings. The fourth-order valence-electron chi connectivity index (χ4n) is 1.93. The highest BCUT2D eigenvalue weighted by molar-refractivity contribution is 9.10. The maximum atomic E-state index is 5.07. The van der Waals surface area contributed by atoms with Crippen LogP contribution in [-0.4, -0.2) is 34.7 Å². The van der Waals surface area contributed by atoms with E-state index in [1.165, 1.54) is 13.0 Å². The predicted molar refractivity (Wildman–Crippen MR) is 55.9 cm³/mol. The molecule has 1 aliphatic rings. The van der Waals surface area contributed by atoms with E-state index < -0.39 is 0 Å². The van der Waals surface area contributed by atoms with Gasteiger partial charge in [0.1, 0.15) is 0 Å². The minimum Gasteiger partial charge on any atom is -0.338 e. The molecule has 1 atom stereocenters. The maximum Gasteiger partial charge on any atom is 0.238 e. The van der Waals surface area contributed by atoms with Crippen molar-refractivity contribution in [3.05, 3.63) is 10.6 Å². The van der Waals surface area contributed by atoms with Crippen molar-refractivity contribution in [2.45, 2.75) is 19.8 Å². The fourth-order valence-corrected chi connectivity index (χ4v) is 2.20. The summed E-state index contributed by atoms with van der Waals surface area (Å²) in [6, 6.07) is 0. The molecule has 14 heavy (non-hydrogen) atoms. The van der Waals surface area contributed by atoms with Crippen molar-refractivity contribution >= 4 is 15.9 Å². The molecule has 0 aromatic carbocycles. The van der Waals surface area contributed by atoms with E-state index in [9.17, 15) is 0 Å². The third kappa shape index (κ3) is 2.33. The van der Waals surface area contributed by atoms with E-state index in [2.05, 4.69) is 37.9 Å². The van der Waals surface area contributed by atoms with Gasteiger partial charge < -0.3 is 9.42 Å². The highest BCUT2D eigenvalue weighted by Gasteiger charge is 2.23. The minimum absolute atomic E-state index is 0.554.